The molecule has 6 heteroatoms. The third kappa shape index (κ3) is 5.61. The Morgan fingerprint density at radius 1 is 1.45 bits per heavy atom. The summed E-state index contributed by atoms with van der Waals surface area (Å²) in [7, 11) is 3.54. The zero-order valence-corrected chi connectivity index (χ0v) is 13.9. The zero-order valence-electron chi connectivity index (χ0n) is 13.1. The summed E-state index contributed by atoms with van der Waals surface area (Å²) in [5.41, 5.74) is 0. The molecule has 2 N–H and O–H groups in total. The van der Waals surface area contributed by atoms with E-state index in [1.807, 2.05) is 18.8 Å². The molecule has 0 bridgehead atoms. The highest BCUT2D eigenvalue weighted by atomic mass is 32.2. The SMILES string of the molecule is CN=C(NCC(C)SC)N1CCC(CC(=O)NC)CC1. The van der Waals surface area contributed by atoms with E-state index in [-0.39, 0.29) is 5.91 Å². The molecule has 0 aromatic rings. The van der Waals surface area contributed by atoms with Crippen LogP contribution in [0.3, 0.4) is 0 Å². The fourth-order valence-corrected chi connectivity index (χ4v) is 2.61. The van der Waals surface area contributed by atoms with Crippen LogP contribution in [0.2, 0.25) is 0 Å². The van der Waals surface area contributed by atoms with Crippen molar-refractivity contribution in [2.75, 3.05) is 40.0 Å². The van der Waals surface area contributed by atoms with Crippen LogP contribution in [0.25, 0.3) is 0 Å². The number of nitrogens with zero attached hydrogens (tertiary/aromatic N) is 2. The molecule has 1 saturated heterocycles. The quantitative estimate of drug-likeness (QED) is 0.591. The molecule has 1 fully saturated rings. The van der Waals surface area contributed by atoms with Crippen molar-refractivity contribution >= 4 is 23.6 Å². The lowest BCUT2D eigenvalue weighted by molar-refractivity contribution is -0.121. The van der Waals surface area contributed by atoms with E-state index in [2.05, 4.69) is 33.7 Å². The molecule has 5 nitrogen and oxygen atoms in total. The van der Waals surface area contributed by atoms with Crippen LogP contribution in [0.15, 0.2) is 4.99 Å². The number of guanidine groups is 1. The van der Waals surface area contributed by atoms with Gasteiger partial charge >= 0.3 is 0 Å². The number of likely N-dealkylation sites (tertiary alicyclic amines) is 1. The monoisotopic (exact) mass is 300 g/mol. The molecule has 0 aliphatic carbocycles. The average molecular weight is 300 g/mol. The summed E-state index contributed by atoms with van der Waals surface area (Å²) >= 11 is 1.85. The van der Waals surface area contributed by atoms with Gasteiger partial charge in [-0.25, -0.2) is 0 Å². The van der Waals surface area contributed by atoms with Gasteiger partial charge in [0.2, 0.25) is 5.91 Å². The van der Waals surface area contributed by atoms with Gasteiger partial charge in [-0.15, -0.1) is 0 Å². The standard InChI is InChI=1S/C14H28N4OS/c1-11(20-4)10-17-14(16-3)18-7-5-12(6-8-18)9-13(19)15-2/h11-12H,5-10H2,1-4H3,(H,15,19)(H,16,17). The van der Waals surface area contributed by atoms with Crippen molar-refractivity contribution in [3.63, 3.8) is 0 Å². The van der Waals surface area contributed by atoms with Crippen molar-refractivity contribution < 1.29 is 4.79 Å². The van der Waals surface area contributed by atoms with Crippen LogP contribution in [0.4, 0.5) is 0 Å². The Kier molecular flexibility index (Phi) is 7.80. The lowest BCUT2D eigenvalue weighted by Gasteiger charge is -2.34. The van der Waals surface area contributed by atoms with Crippen LogP contribution in [-0.2, 0) is 4.79 Å². The summed E-state index contributed by atoms with van der Waals surface area (Å²) in [4.78, 5) is 18.1. The van der Waals surface area contributed by atoms with Crippen LogP contribution >= 0.6 is 11.8 Å². The van der Waals surface area contributed by atoms with Gasteiger partial charge in [-0.2, -0.15) is 11.8 Å². The number of carbonyl (C=O) groups is 1. The maximum atomic E-state index is 11.4. The van der Waals surface area contributed by atoms with E-state index in [4.69, 9.17) is 0 Å². The Morgan fingerprint density at radius 2 is 2.10 bits per heavy atom. The predicted molar refractivity (Wildman–Crippen MR) is 87.3 cm³/mol. The van der Waals surface area contributed by atoms with E-state index in [1.54, 1.807) is 7.05 Å². The lowest BCUT2D eigenvalue weighted by Crippen LogP contribution is -2.47. The molecule has 1 aliphatic rings. The minimum Gasteiger partial charge on any atom is -0.359 e. The molecule has 0 aromatic heterocycles. The molecule has 20 heavy (non-hydrogen) atoms. The molecule has 1 rings (SSSR count). The number of thioether (sulfide) groups is 1. The van der Waals surface area contributed by atoms with Gasteiger partial charge in [0.25, 0.3) is 0 Å². The molecule has 1 unspecified atom stereocenters. The normalized spacial score (nSPS) is 18.8. The summed E-state index contributed by atoms with van der Waals surface area (Å²) in [6, 6.07) is 0. The molecule has 0 aromatic carbocycles. The number of carbonyl (C=O) groups excluding carboxylic acids is 1. The zero-order chi connectivity index (χ0) is 15.0. The molecule has 0 saturated carbocycles. The van der Waals surface area contributed by atoms with Gasteiger partial charge in [0.05, 0.1) is 0 Å². The van der Waals surface area contributed by atoms with E-state index in [0.717, 1.165) is 38.4 Å². The van der Waals surface area contributed by atoms with Gasteiger partial charge in [0, 0.05) is 45.4 Å². The van der Waals surface area contributed by atoms with Crippen molar-refractivity contribution in [1.29, 1.82) is 0 Å². The number of amides is 1. The summed E-state index contributed by atoms with van der Waals surface area (Å²) in [6.45, 7) is 5.11. The largest absolute Gasteiger partial charge is 0.359 e. The van der Waals surface area contributed by atoms with Gasteiger partial charge in [-0.3, -0.25) is 9.79 Å². The molecule has 116 valence electrons. The Morgan fingerprint density at radius 3 is 2.60 bits per heavy atom. The van der Waals surface area contributed by atoms with Crippen LogP contribution in [0.5, 0.6) is 0 Å². The molecule has 0 radical (unpaired) electrons. The second kappa shape index (κ2) is 9.10. The van der Waals surface area contributed by atoms with Crippen molar-refractivity contribution in [1.82, 2.24) is 15.5 Å². The van der Waals surface area contributed by atoms with Crippen molar-refractivity contribution in [2.24, 2.45) is 10.9 Å². The second-order valence-electron chi connectivity index (χ2n) is 5.28. The highest BCUT2D eigenvalue weighted by Gasteiger charge is 2.23. The highest BCUT2D eigenvalue weighted by Crippen LogP contribution is 2.20. The lowest BCUT2D eigenvalue weighted by atomic mass is 9.93. The number of rotatable bonds is 5. The van der Waals surface area contributed by atoms with E-state index in [9.17, 15) is 4.79 Å². The molecular weight excluding hydrogens is 272 g/mol. The first-order valence-electron chi connectivity index (χ1n) is 7.29. The van der Waals surface area contributed by atoms with E-state index >= 15 is 0 Å². The Balaban J connectivity index is 2.37. The Labute approximate surface area is 127 Å². The van der Waals surface area contributed by atoms with Gasteiger partial charge in [0.1, 0.15) is 0 Å². The summed E-state index contributed by atoms with van der Waals surface area (Å²) < 4.78 is 0. The number of hydrogen-bond acceptors (Lipinski definition) is 3. The fourth-order valence-electron chi connectivity index (χ4n) is 2.36. The van der Waals surface area contributed by atoms with Crippen LogP contribution < -0.4 is 10.6 Å². The number of piperidine rings is 1. The first kappa shape index (κ1) is 17.1. The first-order chi connectivity index (χ1) is 9.60. The van der Waals surface area contributed by atoms with Gasteiger partial charge in [-0.1, -0.05) is 6.92 Å². The van der Waals surface area contributed by atoms with Gasteiger partial charge in [-0.05, 0) is 25.0 Å². The van der Waals surface area contributed by atoms with E-state index < -0.39 is 0 Å². The number of aliphatic imine (C=N–C) groups is 1. The van der Waals surface area contributed by atoms with Crippen LogP contribution in [0, 0.1) is 5.92 Å². The predicted octanol–water partition coefficient (Wildman–Crippen LogP) is 1.16. The molecule has 1 heterocycles. The van der Waals surface area contributed by atoms with Crippen molar-refractivity contribution in [3.8, 4) is 0 Å². The molecular formula is C14H28N4OS. The molecule has 1 atom stereocenters. The summed E-state index contributed by atoms with van der Waals surface area (Å²) in [5.74, 6) is 1.65. The third-order valence-corrected chi connectivity index (χ3v) is 4.80. The van der Waals surface area contributed by atoms with E-state index in [0.29, 0.717) is 17.6 Å². The molecule has 0 spiro atoms. The van der Waals surface area contributed by atoms with Crippen molar-refractivity contribution in [3.05, 3.63) is 0 Å². The fraction of sp³-hybridized carbons (Fsp3) is 0.857. The van der Waals surface area contributed by atoms with Crippen molar-refractivity contribution in [2.45, 2.75) is 31.4 Å². The van der Waals surface area contributed by atoms with Gasteiger partial charge < -0.3 is 15.5 Å². The van der Waals surface area contributed by atoms with Gasteiger partial charge in [0.15, 0.2) is 5.96 Å². The maximum absolute atomic E-state index is 11.4. The Hall–Kier alpha value is -0.910. The highest BCUT2D eigenvalue weighted by molar-refractivity contribution is 7.99. The minimum absolute atomic E-state index is 0.153. The third-order valence-electron chi connectivity index (χ3n) is 3.83. The number of nitrogens with one attached hydrogen (secondary N) is 2. The molecule has 1 amide bonds. The van der Waals surface area contributed by atoms with E-state index in [1.165, 1.54) is 0 Å². The van der Waals surface area contributed by atoms with Crippen LogP contribution in [0.1, 0.15) is 26.2 Å². The smallest absolute Gasteiger partial charge is 0.220 e. The molecule has 1 aliphatic heterocycles. The number of hydrogen-bond donors (Lipinski definition) is 2. The maximum Gasteiger partial charge on any atom is 0.220 e. The minimum atomic E-state index is 0.153. The average Bonchev–Trinajstić information content (AvgIpc) is 2.48. The second-order valence-corrected chi connectivity index (χ2v) is 6.56. The summed E-state index contributed by atoms with van der Waals surface area (Å²) in [5, 5.41) is 6.72. The summed E-state index contributed by atoms with van der Waals surface area (Å²) in [6.07, 6.45) is 4.90. The Bertz CT molecular complexity index is 327. The topological polar surface area (TPSA) is 56.7 Å². The van der Waals surface area contributed by atoms with Crippen LogP contribution in [-0.4, -0.2) is 62.0 Å². The first-order valence-corrected chi connectivity index (χ1v) is 8.58.